The normalized spacial score (nSPS) is 12.3. The lowest BCUT2D eigenvalue weighted by atomic mass is 10.4. The Morgan fingerprint density at radius 2 is 2.04 bits per heavy atom. The van der Waals surface area contributed by atoms with Gasteiger partial charge in [0.2, 0.25) is 5.82 Å². The zero-order valence-electron chi connectivity index (χ0n) is 15.2. The first kappa shape index (κ1) is 21.3. The Morgan fingerprint density at radius 3 is 2.74 bits per heavy atom. The topological polar surface area (TPSA) is 91.1 Å². The van der Waals surface area contributed by atoms with Crippen LogP contribution in [0.15, 0.2) is 63.0 Å². The van der Waals surface area contributed by atoms with Crippen LogP contribution in [0.1, 0.15) is 12.7 Å². The van der Waals surface area contributed by atoms with Crippen molar-refractivity contribution in [2.24, 2.45) is 4.99 Å². The van der Waals surface area contributed by atoms with Gasteiger partial charge in [-0.05, 0) is 24.3 Å². The summed E-state index contributed by atoms with van der Waals surface area (Å²) in [6, 6.07) is 14.0. The van der Waals surface area contributed by atoms with Crippen LogP contribution in [0.2, 0.25) is 0 Å². The summed E-state index contributed by atoms with van der Waals surface area (Å²) in [5.41, 5.74) is 0. The third-order valence-corrected chi connectivity index (χ3v) is 4.67. The number of hydrogen-bond acceptors (Lipinski definition) is 5. The molecule has 7 nitrogen and oxygen atoms in total. The fourth-order valence-electron chi connectivity index (χ4n) is 2.29. The largest absolute Gasteiger partial charge is 0.461 e. The van der Waals surface area contributed by atoms with E-state index in [1.54, 1.807) is 13.3 Å². The molecule has 2 aromatic heterocycles. The molecule has 3 N–H and O–H groups in total. The van der Waals surface area contributed by atoms with E-state index in [0.29, 0.717) is 29.2 Å². The lowest BCUT2D eigenvalue weighted by molar-refractivity contribution is 0.577. The molecule has 0 amide bonds. The number of aromatic amines is 1. The minimum Gasteiger partial charge on any atom is -0.461 e. The predicted octanol–water partition coefficient (Wildman–Crippen LogP) is 3.53. The summed E-state index contributed by atoms with van der Waals surface area (Å²) in [5.74, 6) is 2.62. The Labute approximate surface area is 179 Å². The van der Waals surface area contributed by atoms with E-state index >= 15 is 0 Å². The summed E-state index contributed by atoms with van der Waals surface area (Å²) in [6.45, 7) is 3.48. The molecule has 144 valence electrons. The van der Waals surface area contributed by atoms with Crippen molar-refractivity contribution in [1.82, 2.24) is 25.8 Å². The number of aromatic nitrogens is 3. The lowest BCUT2D eigenvalue weighted by Gasteiger charge is -2.15. The second-order valence-corrected chi connectivity index (χ2v) is 7.14. The lowest BCUT2D eigenvalue weighted by Crippen LogP contribution is -2.39. The summed E-state index contributed by atoms with van der Waals surface area (Å²) in [7, 11) is 1.75. The summed E-state index contributed by atoms with van der Waals surface area (Å²) < 4.78 is 5.29. The van der Waals surface area contributed by atoms with Crippen LogP contribution in [0, 0.1) is 0 Å². The van der Waals surface area contributed by atoms with Crippen LogP contribution in [0.3, 0.4) is 0 Å². The number of nitrogens with one attached hydrogen (secondary N) is 3. The van der Waals surface area contributed by atoms with Gasteiger partial charge in [0.25, 0.3) is 0 Å². The van der Waals surface area contributed by atoms with Gasteiger partial charge in [0.15, 0.2) is 11.7 Å². The fraction of sp³-hybridized carbons (Fsp3) is 0.278. The minimum absolute atomic E-state index is 0. The summed E-state index contributed by atoms with van der Waals surface area (Å²) in [4.78, 5) is 9.90. The highest BCUT2D eigenvalue weighted by Crippen LogP contribution is 2.21. The number of hydrogen-bond donors (Lipinski definition) is 3. The monoisotopic (exact) mass is 498 g/mol. The highest BCUT2D eigenvalue weighted by atomic mass is 127. The van der Waals surface area contributed by atoms with Crippen molar-refractivity contribution in [3.8, 4) is 11.6 Å². The molecule has 1 atom stereocenters. The highest BCUT2D eigenvalue weighted by Gasteiger charge is 2.09. The molecule has 0 aliphatic heterocycles. The van der Waals surface area contributed by atoms with Crippen LogP contribution in [-0.4, -0.2) is 40.0 Å². The molecule has 0 saturated carbocycles. The standard InChI is InChI=1S/C18H22N6OS.HI/c1-13(26-14-7-4-3-5-8-14)11-20-18(19-2)21-12-16-22-17(24-23-16)15-9-6-10-25-15;/h3-10,13H,11-12H2,1-2H3,(H2,19,20,21)(H,22,23,24);1H. The molecule has 27 heavy (non-hydrogen) atoms. The van der Waals surface area contributed by atoms with Gasteiger partial charge in [0.1, 0.15) is 5.82 Å². The van der Waals surface area contributed by atoms with Crippen molar-refractivity contribution in [3.63, 3.8) is 0 Å². The third kappa shape index (κ3) is 6.58. The average Bonchev–Trinajstić information content (AvgIpc) is 3.34. The maximum atomic E-state index is 5.29. The van der Waals surface area contributed by atoms with Gasteiger partial charge in [-0.2, -0.15) is 0 Å². The maximum Gasteiger partial charge on any atom is 0.216 e. The molecule has 3 rings (SSSR count). The van der Waals surface area contributed by atoms with E-state index in [0.717, 1.165) is 12.5 Å². The Morgan fingerprint density at radius 1 is 1.22 bits per heavy atom. The van der Waals surface area contributed by atoms with E-state index in [1.807, 2.05) is 30.0 Å². The summed E-state index contributed by atoms with van der Waals surface area (Å²) >= 11 is 1.83. The average molecular weight is 498 g/mol. The predicted molar refractivity (Wildman–Crippen MR) is 119 cm³/mol. The molecule has 0 aliphatic carbocycles. The molecule has 0 bridgehead atoms. The first-order valence-electron chi connectivity index (χ1n) is 8.36. The zero-order chi connectivity index (χ0) is 18.2. The van der Waals surface area contributed by atoms with Gasteiger partial charge in [-0.3, -0.25) is 10.1 Å². The van der Waals surface area contributed by atoms with Crippen LogP contribution in [-0.2, 0) is 6.54 Å². The molecule has 2 heterocycles. The van der Waals surface area contributed by atoms with E-state index in [1.165, 1.54) is 4.90 Å². The van der Waals surface area contributed by atoms with Crippen molar-refractivity contribution in [2.45, 2.75) is 23.6 Å². The number of nitrogens with zero attached hydrogens (tertiary/aromatic N) is 3. The Kier molecular flexibility index (Phi) is 8.65. The second-order valence-electron chi connectivity index (χ2n) is 5.63. The molecule has 0 aliphatic rings. The number of H-pyrrole nitrogens is 1. The number of benzene rings is 1. The second kappa shape index (κ2) is 11.0. The molecule has 1 aromatic carbocycles. The van der Waals surface area contributed by atoms with Crippen molar-refractivity contribution in [2.75, 3.05) is 13.6 Å². The minimum atomic E-state index is 0. The molecule has 1 unspecified atom stereocenters. The molecule has 0 spiro atoms. The smallest absolute Gasteiger partial charge is 0.216 e. The van der Waals surface area contributed by atoms with Gasteiger partial charge in [0, 0.05) is 23.7 Å². The van der Waals surface area contributed by atoms with E-state index < -0.39 is 0 Å². The Hall–Kier alpha value is -2.01. The first-order chi connectivity index (χ1) is 12.7. The van der Waals surface area contributed by atoms with Crippen LogP contribution in [0.5, 0.6) is 0 Å². The van der Waals surface area contributed by atoms with E-state index in [9.17, 15) is 0 Å². The van der Waals surface area contributed by atoms with Gasteiger partial charge >= 0.3 is 0 Å². The van der Waals surface area contributed by atoms with Crippen LogP contribution in [0.25, 0.3) is 11.6 Å². The van der Waals surface area contributed by atoms with E-state index in [4.69, 9.17) is 4.42 Å². The van der Waals surface area contributed by atoms with Crippen LogP contribution in [0.4, 0.5) is 0 Å². The zero-order valence-corrected chi connectivity index (χ0v) is 18.3. The Bertz CT molecular complexity index is 822. The number of aliphatic imine (C=N–C) groups is 1. The third-order valence-electron chi connectivity index (χ3n) is 3.56. The molecular weight excluding hydrogens is 475 g/mol. The van der Waals surface area contributed by atoms with Crippen molar-refractivity contribution in [1.29, 1.82) is 0 Å². The molecule has 0 fully saturated rings. The van der Waals surface area contributed by atoms with Gasteiger partial charge in [-0.1, -0.05) is 25.1 Å². The number of furan rings is 1. The number of halogens is 1. The van der Waals surface area contributed by atoms with Gasteiger partial charge in [-0.25, -0.2) is 4.98 Å². The van der Waals surface area contributed by atoms with Crippen molar-refractivity contribution < 1.29 is 4.42 Å². The number of rotatable bonds is 7. The van der Waals surface area contributed by atoms with Gasteiger partial charge in [0.05, 0.1) is 12.8 Å². The maximum absolute atomic E-state index is 5.29. The number of thioether (sulfide) groups is 1. The van der Waals surface area contributed by atoms with Crippen molar-refractivity contribution in [3.05, 3.63) is 54.6 Å². The van der Waals surface area contributed by atoms with Crippen molar-refractivity contribution >= 4 is 41.7 Å². The quantitative estimate of drug-likeness (QED) is 0.200. The molecular formula is C18H23IN6OS. The molecule has 0 radical (unpaired) electrons. The summed E-state index contributed by atoms with van der Waals surface area (Å²) in [6.07, 6.45) is 1.60. The Balaban J connectivity index is 0.00000261. The van der Waals surface area contributed by atoms with Crippen LogP contribution >= 0.6 is 35.7 Å². The molecule has 0 saturated heterocycles. The first-order valence-corrected chi connectivity index (χ1v) is 9.24. The van der Waals surface area contributed by atoms with E-state index in [2.05, 4.69) is 62.0 Å². The van der Waals surface area contributed by atoms with E-state index in [-0.39, 0.29) is 24.0 Å². The number of guanidine groups is 1. The fourth-order valence-corrected chi connectivity index (χ4v) is 3.24. The molecule has 3 aromatic rings. The van der Waals surface area contributed by atoms with Crippen LogP contribution < -0.4 is 10.6 Å². The highest BCUT2D eigenvalue weighted by molar-refractivity contribution is 14.0. The molecule has 9 heteroatoms. The summed E-state index contributed by atoms with van der Waals surface area (Å²) in [5, 5.41) is 14.0. The SMILES string of the molecule is CN=C(NCc1nc(-c2ccco2)n[nH]1)NCC(C)Sc1ccccc1.I. The van der Waals surface area contributed by atoms with Gasteiger partial charge < -0.3 is 15.1 Å². The van der Waals surface area contributed by atoms with Gasteiger partial charge in [-0.15, -0.1) is 40.8 Å².